The maximum absolute atomic E-state index is 11.6. The van der Waals surface area contributed by atoms with Gasteiger partial charge in [0, 0.05) is 18.7 Å². The summed E-state index contributed by atoms with van der Waals surface area (Å²) in [5, 5.41) is 2.82. The molecule has 0 radical (unpaired) electrons. The Hall–Kier alpha value is -1.46. The molecule has 0 aliphatic carbocycles. The van der Waals surface area contributed by atoms with Crippen molar-refractivity contribution in [3.05, 3.63) is 29.8 Å². The van der Waals surface area contributed by atoms with Gasteiger partial charge in [-0.15, -0.1) is 0 Å². The predicted molar refractivity (Wildman–Crippen MR) is 81.3 cm³/mol. The lowest BCUT2D eigenvalue weighted by Gasteiger charge is -2.07. The van der Waals surface area contributed by atoms with E-state index in [1.54, 1.807) is 0 Å². The molecule has 1 aromatic carbocycles. The minimum Gasteiger partial charge on any atom is -0.393 e. The zero-order valence-electron chi connectivity index (χ0n) is 11.1. The van der Waals surface area contributed by atoms with Crippen molar-refractivity contribution < 1.29 is 9.53 Å². The molecule has 0 atom stereocenters. The third kappa shape index (κ3) is 6.88. The first kappa shape index (κ1) is 15.6. The van der Waals surface area contributed by atoms with Gasteiger partial charge in [-0.25, -0.2) is 0 Å². The second-order valence-electron chi connectivity index (χ2n) is 4.25. The Balaban J connectivity index is 2.36. The Kier molecular flexibility index (Phi) is 7.07. The topological polar surface area (TPSA) is 64.3 Å². The highest BCUT2D eigenvalue weighted by Crippen LogP contribution is 2.10. The molecule has 4 nitrogen and oxygen atoms in total. The van der Waals surface area contributed by atoms with E-state index >= 15 is 0 Å². The zero-order valence-corrected chi connectivity index (χ0v) is 12.0. The van der Waals surface area contributed by atoms with Crippen LogP contribution in [0.25, 0.3) is 0 Å². The van der Waals surface area contributed by atoms with Crippen molar-refractivity contribution in [1.29, 1.82) is 0 Å². The molecule has 0 bridgehead atoms. The Bertz CT molecular complexity index is 418. The second-order valence-corrected chi connectivity index (χ2v) is 4.77. The largest absolute Gasteiger partial charge is 0.393 e. The van der Waals surface area contributed by atoms with Gasteiger partial charge in [-0.3, -0.25) is 4.79 Å². The maximum atomic E-state index is 11.6. The molecular formula is C14H20N2O2S. The van der Waals surface area contributed by atoms with Crippen LogP contribution in [-0.2, 0) is 16.0 Å². The molecule has 3 N–H and O–H groups in total. The van der Waals surface area contributed by atoms with E-state index in [0.29, 0.717) is 31.0 Å². The molecule has 1 amide bonds. The number of benzene rings is 1. The molecule has 0 saturated carbocycles. The minimum absolute atomic E-state index is 0.0433. The van der Waals surface area contributed by atoms with Crippen molar-refractivity contribution in [3.8, 4) is 0 Å². The third-order valence-corrected chi connectivity index (χ3v) is 2.58. The van der Waals surface area contributed by atoms with Crippen molar-refractivity contribution in [3.63, 3.8) is 0 Å². The van der Waals surface area contributed by atoms with Gasteiger partial charge in [-0.1, -0.05) is 31.3 Å². The summed E-state index contributed by atoms with van der Waals surface area (Å²) in [6.45, 7) is 3.19. The molecule has 19 heavy (non-hydrogen) atoms. The first-order chi connectivity index (χ1) is 9.11. The number of rotatable bonds is 8. The smallest absolute Gasteiger partial charge is 0.226 e. The SMILES string of the molecule is CCCOCCC(=O)Nc1ccc(CC(N)=S)cc1. The van der Waals surface area contributed by atoms with Crippen LogP contribution in [0.2, 0.25) is 0 Å². The normalized spacial score (nSPS) is 10.2. The van der Waals surface area contributed by atoms with Crippen LogP contribution in [0.3, 0.4) is 0 Å². The van der Waals surface area contributed by atoms with E-state index in [1.807, 2.05) is 31.2 Å². The molecule has 0 aliphatic heterocycles. The fourth-order valence-corrected chi connectivity index (χ4v) is 1.71. The van der Waals surface area contributed by atoms with E-state index in [2.05, 4.69) is 5.32 Å². The molecule has 104 valence electrons. The summed E-state index contributed by atoms with van der Waals surface area (Å²) in [7, 11) is 0. The van der Waals surface area contributed by atoms with E-state index in [-0.39, 0.29) is 5.91 Å². The number of nitrogens with one attached hydrogen (secondary N) is 1. The highest BCUT2D eigenvalue weighted by atomic mass is 32.1. The van der Waals surface area contributed by atoms with Crippen LogP contribution < -0.4 is 11.1 Å². The fraction of sp³-hybridized carbons (Fsp3) is 0.429. The van der Waals surface area contributed by atoms with Crippen molar-refractivity contribution >= 4 is 28.8 Å². The van der Waals surface area contributed by atoms with Crippen LogP contribution >= 0.6 is 12.2 Å². The van der Waals surface area contributed by atoms with Crippen molar-refractivity contribution in [1.82, 2.24) is 0 Å². The van der Waals surface area contributed by atoms with Gasteiger partial charge in [0.2, 0.25) is 5.91 Å². The highest BCUT2D eigenvalue weighted by molar-refractivity contribution is 7.80. The standard InChI is InChI=1S/C14H20N2O2S/c1-2-8-18-9-7-14(17)16-12-5-3-11(4-6-12)10-13(15)19/h3-6H,2,7-10H2,1H3,(H2,15,19)(H,16,17). The van der Waals surface area contributed by atoms with E-state index < -0.39 is 0 Å². The molecule has 0 aromatic heterocycles. The summed E-state index contributed by atoms with van der Waals surface area (Å²) in [5.41, 5.74) is 7.28. The highest BCUT2D eigenvalue weighted by Gasteiger charge is 2.02. The molecule has 0 aliphatic rings. The summed E-state index contributed by atoms with van der Waals surface area (Å²) >= 11 is 4.84. The van der Waals surface area contributed by atoms with Gasteiger partial charge in [0.05, 0.1) is 18.0 Å². The van der Waals surface area contributed by atoms with Gasteiger partial charge in [0.1, 0.15) is 0 Å². The number of carbonyl (C=O) groups is 1. The molecule has 0 heterocycles. The second kappa shape index (κ2) is 8.61. The first-order valence-corrected chi connectivity index (χ1v) is 6.77. The molecule has 0 fully saturated rings. The molecule has 5 heteroatoms. The monoisotopic (exact) mass is 280 g/mol. The molecular weight excluding hydrogens is 260 g/mol. The lowest BCUT2D eigenvalue weighted by molar-refractivity contribution is -0.117. The van der Waals surface area contributed by atoms with Gasteiger partial charge in [0.25, 0.3) is 0 Å². The summed E-state index contributed by atoms with van der Waals surface area (Å²) in [6, 6.07) is 7.50. The average Bonchev–Trinajstić information content (AvgIpc) is 2.36. The number of amides is 1. The third-order valence-electron chi connectivity index (χ3n) is 2.44. The zero-order chi connectivity index (χ0) is 14.1. The summed E-state index contributed by atoms with van der Waals surface area (Å²) in [5.74, 6) is -0.0433. The Morgan fingerprint density at radius 2 is 2.00 bits per heavy atom. The van der Waals surface area contributed by atoms with Crippen LogP contribution in [0, 0.1) is 0 Å². The molecule has 0 spiro atoms. The van der Waals surface area contributed by atoms with Crippen molar-refractivity contribution in [2.75, 3.05) is 18.5 Å². The molecule has 0 saturated heterocycles. The maximum Gasteiger partial charge on any atom is 0.226 e. The number of ether oxygens (including phenoxy) is 1. The lowest BCUT2D eigenvalue weighted by atomic mass is 10.1. The fourth-order valence-electron chi connectivity index (χ4n) is 1.54. The first-order valence-electron chi connectivity index (χ1n) is 6.36. The number of hydrogen-bond acceptors (Lipinski definition) is 3. The van der Waals surface area contributed by atoms with E-state index in [4.69, 9.17) is 22.7 Å². The number of carbonyl (C=O) groups excluding carboxylic acids is 1. The Morgan fingerprint density at radius 1 is 1.32 bits per heavy atom. The number of nitrogens with two attached hydrogens (primary N) is 1. The van der Waals surface area contributed by atoms with Crippen LogP contribution in [0.1, 0.15) is 25.3 Å². The van der Waals surface area contributed by atoms with Crippen molar-refractivity contribution in [2.45, 2.75) is 26.2 Å². The van der Waals surface area contributed by atoms with Crippen LogP contribution in [0.5, 0.6) is 0 Å². The summed E-state index contributed by atoms with van der Waals surface area (Å²) in [6.07, 6.45) is 1.91. The molecule has 1 rings (SSSR count). The quantitative estimate of drug-likeness (QED) is 0.566. The summed E-state index contributed by atoms with van der Waals surface area (Å²) < 4.78 is 5.26. The minimum atomic E-state index is -0.0433. The van der Waals surface area contributed by atoms with Crippen LogP contribution in [-0.4, -0.2) is 24.1 Å². The van der Waals surface area contributed by atoms with Gasteiger partial charge in [-0.05, 0) is 24.1 Å². The Morgan fingerprint density at radius 3 is 2.58 bits per heavy atom. The Labute approximate surface area is 119 Å². The number of anilines is 1. The lowest BCUT2D eigenvalue weighted by Crippen LogP contribution is -2.14. The van der Waals surface area contributed by atoms with Crippen LogP contribution in [0.4, 0.5) is 5.69 Å². The number of hydrogen-bond donors (Lipinski definition) is 2. The van der Waals surface area contributed by atoms with Gasteiger partial charge in [-0.2, -0.15) is 0 Å². The molecule has 1 aromatic rings. The van der Waals surface area contributed by atoms with Gasteiger partial charge >= 0.3 is 0 Å². The van der Waals surface area contributed by atoms with E-state index in [1.165, 1.54) is 0 Å². The molecule has 0 unspecified atom stereocenters. The van der Waals surface area contributed by atoms with Crippen molar-refractivity contribution in [2.24, 2.45) is 5.73 Å². The van der Waals surface area contributed by atoms with Gasteiger partial charge in [0.15, 0.2) is 0 Å². The average molecular weight is 280 g/mol. The predicted octanol–water partition coefficient (Wildman–Crippen LogP) is 2.27. The van der Waals surface area contributed by atoms with E-state index in [9.17, 15) is 4.79 Å². The van der Waals surface area contributed by atoms with Crippen LogP contribution in [0.15, 0.2) is 24.3 Å². The number of thiocarbonyl (C=S) groups is 1. The van der Waals surface area contributed by atoms with Gasteiger partial charge < -0.3 is 15.8 Å². The summed E-state index contributed by atoms with van der Waals surface area (Å²) in [4.78, 5) is 12.1. The van der Waals surface area contributed by atoms with E-state index in [0.717, 1.165) is 17.7 Å².